The molecule has 1 fully saturated rings. The molecule has 1 aliphatic heterocycles. The minimum atomic E-state index is -0.156. The summed E-state index contributed by atoms with van der Waals surface area (Å²) in [4.78, 5) is 17.1. The van der Waals surface area contributed by atoms with Crippen molar-refractivity contribution in [3.8, 4) is 5.75 Å². The van der Waals surface area contributed by atoms with Gasteiger partial charge >= 0.3 is 0 Å². The summed E-state index contributed by atoms with van der Waals surface area (Å²) in [7, 11) is 1.61. The lowest BCUT2D eigenvalue weighted by Gasteiger charge is -2.03. The molecule has 23 heavy (non-hydrogen) atoms. The van der Waals surface area contributed by atoms with Crippen molar-refractivity contribution in [1.29, 1.82) is 0 Å². The number of benzene rings is 2. The predicted octanol–water partition coefficient (Wildman–Crippen LogP) is 4.35. The summed E-state index contributed by atoms with van der Waals surface area (Å²) in [5, 5.41) is 3.35. The Morgan fingerprint density at radius 2 is 1.91 bits per heavy atom. The monoisotopic (exact) mass is 388 g/mol. The summed E-state index contributed by atoms with van der Waals surface area (Å²) >= 11 is 4.70. The van der Waals surface area contributed by atoms with Gasteiger partial charge in [0.15, 0.2) is 5.17 Å². The minimum Gasteiger partial charge on any atom is -0.496 e. The summed E-state index contributed by atoms with van der Waals surface area (Å²) in [5.74, 6) is 0.573. The van der Waals surface area contributed by atoms with E-state index < -0.39 is 0 Å². The van der Waals surface area contributed by atoms with Gasteiger partial charge in [-0.25, -0.2) is 4.99 Å². The fraction of sp³-hybridized carbons (Fsp3) is 0.0588. The molecule has 6 heteroatoms. The van der Waals surface area contributed by atoms with Gasteiger partial charge in [0.1, 0.15) is 5.75 Å². The summed E-state index contributed by atoms with van der Waals surface area (Å²) in [5.41, 5.74) is 1.65. The van der Waals surface area contributed by atoms with Gasteiger partial charge < -0.3 is 10.1 Å². The molecule has 0 saturated carbocycles. The number of hydrogen-bond donors (Lipinski definition) is 1. The Labute approximate surface area is 146 Å². The van der Waals surface area contributed by atoms with E-state index in [0.717, 1.165) is 21.5 Å². The van der Waals surface area contributed by atoms with E-state index in [9.17, 15) is 4.79 Å². The number of amides is 1. The normalized spacial score (nSPS) is 17.6. The second kappa shape index (κ2) is 7.02. The van der Waals surface area contributed by atoms with E-state index in [1.807, 2.05) is 54.6 Å². The van der Waals surface area contributed by atoms with Crippen molar-refractivity contribution in [2.75, 3.05) is 7.11 Å². The van der Waals surface area contributed by atoms with E-state index in [1.54, 1.807) is 7.11 Å². The average molecular weight is 389 g/mol. The molecule has 4 nitrogen and oxygen atoms in total. The van der Waals surface area contributed by atoms with E-state index in [-0.39, 0.29) is 5.91 Å². The van der Waals surface area contributed by atoms with Crippen LogP contribution in [-0.4, -0.2) is 18.2 Å². The Balaban J connectivity index is 1.85. The molecule has 0 atom stereocenters. The number of hydrogen-bond acceptors (Lipinski definition) is 4. The summed E-state index contributed by atoms with van der Waals surface area (Å²) in [6.45, 7) is 0. The van der Waals surface area contributed by atoms with Crippen molar-refractivity contribution in [2.24, 2.45) is 4.99 Å². The van der Waals surface area contributed by atoms with Crippen LogP contribution in [0.3, 0.4) is 0 Å². The zero-order valence-corrected chi connectivity index (χ0v) is 14.6. The number of halogens is 1. The van der Waals surface area contributed by atoms with E-state index in [2.05, 4.69) is 26.2 Å². The number of nitrogens with one attached hydrogen (secondary N) is 1. The first-order valence-corrected chi connectivity index (χ1v) is 8.45. The first-order chi connectivity index (χ1) is 11.2. The molecule has 1 aliphatic rings. The molecule has 1 N–H and O–H groups in total. The Hall–Kier alpha value is -2.05. The fourth-order valence-corrected chi connectivity index (χ4v) is 3.14. The molecule has 1 heterocycles. The van der Waals surface area contributed by atoms with Crippen LogP contribution in [0, 0.1) is 0 Å². The lowest BCUT2D eigenvalue weighted by molar-refractivity contribution is -0.115. The van der Waals surface area contributed by atoms with E-state index >= 15 is 0 Å². The molecule has 0 bridgehead atoms. The SMILES string of the molecule is COc1ccccc1/C=C1/SC(=Nc2ccc(Br)cc2)NC1=O. The number of rotatable bonds is 3. The predicted molar refractivity (Wildman–Crippen MR) is 97.9 cm³/mol. The van der Waals surface area contributed by atoms with E-state index in [0.29, 0.717) is 10.1 Å². The number of carbonyl (C=O) groups excluding carboxylic acids is 1. The van der Waals surface area contributed by atoms with Crippen LogP contribution in [0.5, 0.6) is 5.75 Å². The third-order valence-corrected chi connectivity index (χ3v) is 4.57. The molecular formula is C17H13BrN2O2S. The zero-order chi connectivity index (χ0) is 16.2. The Morgan fingerprint density at radius 1 is 1.17 bits per heavy atom. The van der Waals surface area contributed by atoms with Crippen molar-refractivity contribution >= 4 is 50.5 Å². The molecule has 1 amide bonds. The van der Waals surface area contributed by atoms with Crippen molar-refractivity contribution in [2.45, 2.75) is 0 Å². The lowest BCUT2D eigenvalue weighted by atomic mass is 10.2. The maximum Gasteiger partial charge on any atom is 0.264 e. The number of aliphatic imine (C=N–C) groups is 1. The molecule has 0 unspecified atom stereocenters. The van der Waals surface area contributed by atoms with Crippen LogP contribution in [0.4, 0.5) is 5.69 Å². The maximum absolute atomic E-state index is 12.1. The Kier molecular flexibility index (Phi) is 4.83. The number of carbonyl (C=O) groups is 1. The molecule has 0 aromatic heterocycles. The molecule has 0 spiro atoms. The number of methoxy groups -OCH3 is 1. The average Bonchev–Trinajstić information content (AvgIpc) is 2.90. The first kappa shape index (κ1) is 15.8. The maximum atomic E-state index is 12.1. The first-order valence-electron chi connectivity index (χ1n) is 6.84. The molecule has 0 radical (unpaired) electrons. The lowest BCUT2D eigenvalue weighted by Crippen LogP contribution is -2.19. The van der Waals surface area contributed by atoms with Crippen molar-refractivity contribution in [3.05, 3.63) is 63.5 Å². The van der Waals surface area contributed by atoms with Gasteiger partial charge in [0.05, 0.1) is 17.7 Å². The molecule has 116 valence electrons. The zero-order valence-electron chi connectivity index (χ0n) is 12.2. The number of ether oxygens (including phenoxy) is 1. The summed E-state index contributed by atoms with van der Waals surface area (Å²) < 4.78 is 6.29. The van der Waals surface area contributed by atoms with Crippen LogP contribution in [-0.2, 0) is 4.79 Å². The Morgan fingerprint density at radius 3 is 2.65 bits per heavy atom. The van der Waals surface area contributed by atoms with Gasteiger partial charge in [0.2, 0.25) is 0 Å². The summed E-state index contributed by atoms with van der Waals surface area (Å²) in [6, 6.07) is 15.1. The standard InChI is InChI=1S/C17H13BrN2O2S/c1-22-14-5-3-2-4-11(14)10-15-16(21)20-17(23-15)19-13-8-6-12(18)7-9-13/h2-10H,1H3,(H,19,20,21)/b15-10+. The van der Waals surface area contributed by atoms with E-state index in [1.165, 1.54) is 11.8 Å². The van der Waals surface area contributed by atoms with E-state index in [4.69, 9.17) is 4.74 Å². The topological polar surface area (TPSA) is 50.7 Å². The molecule has 2 aromatic rings. The quantitative estimate of drug-likeness (QED) is 0.795. The van der Waals surface area contributed by atoms with Crippen LogP contribution in [0.25, 0.3) is 6.08 Å². The number of para-hydroxylation sites is 1. The van der Waals surface area contributed by atoms with Gasteiger partial charge in [0, 0.05) is 10.0 Å². The largest absolute Gasteiger partial charge is 0.496 e. The Bertz CT molecular complexity index is 800. The minimum absolute atomic E-state index is 0.156. The van der Waals surface area contributed by atoms with Crippen molar-refractivity contribution in [3.63, 3.8) is 0 Å². The van der Waals surface area contributed by atoms with Crippen molar-refractivity contribution < 1.29 is 9.53 Å². The summed E-state index contributed by atoms with van der Waals surface area (Å²) in [6.07, 6.45) is 1.81. The fourth-order valence-electron chi connectivity index (χ4n) is 2.04. The highest BCUT2D eigenvalue weighted by atomic mass is 79.9. The molecule has 0 aliphatic carbocycles. The van der Waals surface area contributed by atoms with Gasteiger partial charge in [-0.2, -0.15) is 0 Å². The van der Waals surface area contributed by atoms with Gasteiger partial charge in [-0.05, 0) is 48.2 Å². The van der Waals surface area contributed by atoms with Crippen LogP contribution in [0.1, 0.15) is 5.56 Å². The van der Waals surface area contributed by atoms with Gasteiger partial charge in [-0.3, -0.25) is 4.79 Å². The number of amidine groups is 1. The molecule has 2 aromatic carbocycles. The molecular weight excluding hydrogens is 376 g/mol. The number of thioether (sulfide) groups is 1. The third-order valence-electron chi connectivity index (χ3n) is 3.13. The van der Waals surface area contributed by atoms with Crippen LogP contribution >= 0.6 is 27.7 Å². The highest BCUT2D eigenvalue weighted by molar-refractivity contribution is 9.10. The molecule has 1 saturated heterocycles. The second-order valence-corrected chi connectivity index (χ2v) is 6.65. The highest BCUT2D eigenvalue weighted by Crippen LogP contribution is 2.30. The third kappa shape index (κ3) is 3.83. The van der Waals surface area contributed by atoms with Crippen LogP contribution < -0.4 is 10.1 Å². The number of nitrogens with zero attached hydrogens (tertiary/aromatic N) is 1. The smallest absolute Gasteiger partial charge is 0.264 e. The molecule has 3 rings (SSSR count). The van der Waals surface area contributed by atoms with Gasteiger partial charge in [-0.15, -0.1) is 0 Å². The second-order valence-electron chi connectivity index (χ2n) is 4.70. The van der Waals surface area contributed by atoms with Crippen molar-refractivity contribution in [1.82, 2.24) is 5.32 Å². The van der Waals surface area contributed by atoms with Gasteiger partial charge in [-0.1, -0.05) is 34.1 Å². The van der Waals surface area contributed by atoms with Crippen LogP contribution in [0.15, 0.2) is 62.9 Å². The highest BCUT2D eigenvalue weighted by Gasteiger charge is 2.24. The van der Waals surface area contributed by atoms with Gasteiger partial charge in [0.25, 0.3) is 5.91 Å². The van der Waals surface area contributed by atoms with Crippen LogP contribution in [0.2, 0.25) is 0 Å².